The van der Waals surface area contributed by atoms with Crippen LogP contribution in [0.1, 0.15) is 25.7 Å². The van der Waals surface area contributed by atoms with E-state index >= 15 is 0 Å². The van der Waals surface area contributed by atoms with Gasteiger partial charge >= 0.3 is 0 Å². The van der Waals surface area contributed by atoms with Crippen molar-refractivity contribution >= 4 is 26.6 Å². The quantitative estimate of drug-likeness (QED) is 0.375. The molecule has 2 nitrogen and oxygen atoms in total. The van der Waals surface area contributed by atoms with E-state index in [9.17, 15) is 0 Å². The maximum absolute atomic E-state index is 5.60. The van der Waals surface area contributed by atoms with Crippen LogP contribution in [0.25, 0.3) is 0 Å². The Kier molecular flexibility index (Phi) is 7.70. The van der Waals surface area contributed by atoms with E-state index in [1.54, 1.807) is 10.6 Å². The summed E-state index contributed by atoms with van der Waals surface area (Å²) in [6.07, 6.45) is 5.44. The zero-order chi connectivity index (χ0) is 21.8. The van der Waals surface area contributed by atoms with E-state index in [4.69, 9.17) is 4.74 Å². The van der Waals surface area contributed by atoms with Gasteiger partial charge in [0.05, 0.1) is 6.61 Å². The van der Waals surface area contributed by atoms with Gasteiger partial charge in [-0.3, -0.25) is 4.90 Å². The molecule has 4 heteroatoms. The van der Waals surface area contributed by atoms with E-state index in [2.05, 4.69) is 85.2 Å². The van der Waals surface area contributed by atoms with Gasteiger partial charge < -0.3 is 4.74 Å². The van der Waals surface area contributed by atoms with Gasteiger partial charge in [0.1, 0.15) is 0 Å². The van der Waals surface area contributed by atoms with Gasteiger partial charge in [0.25, 0.3) is 0 Å². The van der Waals surface area contributed by atoms with Gasteiger partial charge in [0, 0.05) is 27.8 Å². The summed E-state index contributed by atoms with van der Waals surface area (Å²) >= 11 is 0. The summed E-state index contributed by atoms with van der Waals surface area (Å²) in [7, 11) is 0.285. The van der Waals surface area contributed by atoms with Gasteiger partial charge in [-0.05, 0) is 61.5 Å². The summed E-state index contributed by atoms with van der Waals surface area (Å²) < 4.78 is 5.60. The lowest BCUT2D eigenvalue weighted by Gasteiger charge is -2.39. The molecule has 2 aromatic rings. The maximum Gasteiger partial charge on any atom is 0.0618 e. The van der Waals surface area contributed by atoms with Crippen molar-refractivity contribution < 1.29 is 4.74 Å². The molecule has 31 heavy (non-hydrogen) atoms. The molecule has 0 aromatic heterocycles. The van der Waals surface area contributed by atoms with Gasteiger partial charge in [0.2, 0.25) is 0 Å². The number of likely N-dealkylation sites (tertiary alicyclic amines) is 1. The van der Waals surface area contributed by atoms with Crippen molar-refractivity contribution in [3.05, 3.63) is 60.7 Å². The lowest BCUT2D eigenvalue weighted by atomic mass is 10.1. The SMILES string of the molecule is COC[C@@H]1CCCN1C[C@@H]1C(P(c2ccccc2)c2ccccc2)CCC1[Si](C)(C)C. The summed E-state index contributed by atoms with van der Waals surface area (Å²) in [5.74, 6) is 0.802. The summed E-state index contributed by atoms with van der Waals surface area (Å²) in [6.45, 7) is 11.2. The molecular formula is C27H40NOPSi. The van der Waals surface area contributed by atoms with Crippen molar-refractivity contribution in [1.82, 2.24) is 4.90 Å². The van der Waals surface area contributed by atoms with Crippen LogP contribution in [0, 0.1) is 5.92 Å². The first kappa shape index (κ1) is 23.2. The van der Waals surface area contributed by atoms with E-state index in [0.29, 0.717) is 6.04 Å². The van der Waals surface area contributed by atoms with E-state index in [0.717, 1.165) is 23.7 Å². The standard InChI is InChI=1S/C27H40NOPSi/c1-29-21-22-12-11-19-28(22)20-25-26(17-18-27(25)31(2,3)4)30(23-13-7-5-8-14-23)24-15-9-6-10-16-24/h5-10,13-16,22,25-27H,11-12,17-21H2,1-4H3/t22-,25+,26?,27?/m0/s1. The molecule has 4 rings (SSSR count). The summed E-state index contributed by atoms with van der Waals surface area (Å²) in [6, 6.07) is 23.5. The fraction of sp³-hybridized carbons (Fsp3) is 0.556. The van der Waals surface area contributed by atoms with Gasteiger partial charge in [-0.1, -0.05) is 86.7 Å². The van der Waals surface area contributed by atoms with Crippen LogP contribution in [0.4, 0.5) is 0 Å². The Morgan fingerprint density at radius 2 is 1.52 bits per heavy atom. The third-order valence-corrected chi connectivity index (χ3v) is 13.6. The number of benzene rings is 2. The average molecular weight is 454 g/mol. The number of nitrogens with zero attached hydrogens (tertiary/aromatic N) is 1. The second-order valence-corrected chi connectivity index (χ2v) is 18.5. The normalized spacial score (nSPS) is 27.3. The van der Waals surface area contributed by atoms with Gasteiger partial charge in [-0.25, -0.2) is 0 Å². The summed E-state index contributed by atoms with van der Waals surface area (Å²) in [5.41, 5.74) is 1.69. The molecule has 0 N–H and O–H groups in total. The van der Waals surface area contributed by atoms with E-state index in [-0.39, 0.29) is 7.92 Å². The number of hydrogen-bond acceptors (Lipinski definition) is 2. The van der Waals surface area contributed by atoms with Crippen LogP contribution in [0.3, 0.4) is 0 Å². The molecule has 1 aliphatic heterocycles. The lowest BCUT2D eigenvalue weighted by molar-refractivity contribution is 0.106. The monoisotopic (exact) mass is 453 g/mol. The van der Waals surface area contributed by atoms with Gasteiger partial charge in [0.15, 0.2) is 0 Å². The Morgan fingerprint density at radius 3 is 2.06 bits per heavy atom. The molecule has 2 aliphatic rings. The molecule has 1 aliphatic carbocycles. The van der Waals surface area contributed by atoms with E-state index in [1.807, 2.05) is 7.11 Å². The zero-order valence-electron chi connectivity index (χ0n) is 19.8. The van der Waals surface area contributed by atoms with E-state index < -0.39 is 8.07 Å². The highest BCUT2D eigenvalue weighted by molar-refractivity contribution is 7.73. The highest BCUT2D eigenvalue weighted by Crippen LogP contribution is 2.56. The van der Waals surface area contributed by atoms with Crippen molar-refractivity contribution in [1.29, 1.82) is 0 Å². The molecule has 0 spiro atoms. The van der Waals surface area contributed by atoms with Gasteiger partial charge in [-0.2, -0.15) is 0 Å². The highest BCUT2D eigenvalue weighted by atomic mass is 31.1. The number of ether oxygens (including phenoxy) is 1. The molecule has 1 heterocycles. The smallest absolute Gasteiger partial charge is 0.0618 e. The number of hydrogen-bond donors (Lipinski definition) is 0. The Balaban J connectivity index is 1.69. The van der Waals surface area contributed by atoms with Crippen molar-refractivity contribution in [2.45, 2.75) is 62.6 Å². The molecule has 1 saturated carbocycles. The largest absolute Gasteiger partial charge is 0.383 e. The third kappa shape index (κ3) is 5.33. The predicted octanol–water partition coefficient (Wildman–Crippen LogP) is 5.72. The second-order valence-electron chi connectivity index (χ2n) is 10.6. The maximum atomic E-state index is 5.60. The van der Waals surface area contributed by atoms with Crippen molar-refractivity contribution in [3.8, 4) is 0 Å². The molecule has 168 valence electrons. The molecule has 2 aromatic carbocycles. The number of methoxy groups -OCH3 is 1. The molecule has 2 fully saturated rings. The first-order valence-electron chi connectivity index (χ1n) is 12.1. The topological polar surface area (TPSA) is 12.5 Å². The molecule has 4 atom stereocenters. The van der Waals surface area contributed by atoms with Crippen LogP contribution in [-0.2, 0) is 4.74 Å². The molecular weight excluding hydrogens is 413 g/mol. The molecule has 0 amide bonds. The zero-order valence-corrected chi connectivity index (χ0v) is 21.7. The van der Waals surface area contributed by atoms with Gasteiger partial charge in [-0.15, -0.1) is 0 Å². The lowest BCUT2D eigenvalue weighted by Crippen LogP contribution is -2.43. The predicted molar refractivity (Wildman–Crippen MR) is 139 cm³/mol. The fourth-order valence-electron chi connectivity index (χ4n) is 6.19. The van der Waals surface area contributed by atoms with Crippen LogP contribution < -0.4 is 10.6 Å². The first-order valence-corrected chi connectivity index (χ1v) is 17.1. The minimum Gasteiger partial charge on any atom is -0.383 e. The van der Waals surface area contributed by atoms with Crippen LogP contribution >= 0.6 is 7.92 Å². The van der Waals surface area contributed by atoms with Crippen LogP contribution in [-0.4, -0.2) is 51.5 Å². The summed E-state index contributed by atoms with van der Waals surface area (Å²) in [4.78, 5) is 2.79. The Hall–Kier alpha value is -0.993. The Bertz CT molecular complexity index is 769. The molecule has 0 radical (unpaired) electrons. The average Bonchev–Trinajstić information content (AvgIpc) is 3.38. The van der Waals surface area contributed by atoms with Crippen LogP contribution in [0.15, 0.2) is 60.7 Å². The highest BCUT2D eigenvalue weighted by Gasteiger charge is 2.47. The first-order chi connectivity index (χ1) is 15.0. The second kappa shape index (κ2) is 10.3. The Morgan fingerprint density at radius 1 is 0.903 bits per heavy atom. The minimum absolute atomic E-state index is 0.343. The molecule has 2 unspecified atom stereocenters. The fourth-order valence-corrected chi connectivity index (χ4v) is 12.1. The molecule has 1 saturated heterocycles. The molecule has 0 bridgehead atoms. The summed E-state index contributed by atoms with van der Waals surface area (Å²) in [5, 5.41) is 3.12. The minimum atomic E-state index is -1.24. The number of rotatable bonds is 8. The van der Waals surface area contributed by atoms with Crippen LogP contribution in [0.2, 0.25) is 25.2 Å². The van der Waals surface area contributed by atoms with E-state index in [1.165, 1.54) is 38.8 Å². The van der Waals surface area contributed by atoms with Crippen molar-refractivity contribution in [2.24, 2.45) is 5.92 Å². The van der Waals surface area contributed by atoms with Crippen molar-refractivity contribution in [2.75, 3.05) is 26.8 Å². The van der Waals surface area contributed by atoms with Crippen LogP contribution in [0.5, 0.6) is 0 Å². The van der Waals surface area contributed by atoms with Crippen molar-refractivity contribution in [3.63, 3.8) is 0 Å². The third-order valence-electron chi connectivity index (χ3n) is 7.60. The Labute approximate surface area is 192 Å².